The number of hydrogen-bond acceptors (Lipinski definition) is 4. The van der Waals surface area contributed by atoms with Gasteiger partial charge in [-0.15, -0.1) is 0 Å². The van der Waals surface area contributed by atoms with Crippen LogP contribution in [0.4, 0.5) is 4.39 Å². The molecule has 3 aromatic rings. The van der Waals surface area contributed by atoms with Crippen LogP contribution in [0, 0.1) is 11.7 Å². The number of fused-ring (bicyclic) bond motifs is 1. The van der Waals surface area contributed by atoms with E-state index in [0.29, 0.717) is 23.1 Å². The van der Waals surface area contributed by atoms with Crippen LogP contribution in [0.3, 0.4) is 0 Å². The number of phenolic OH excluding ortho intramolecular Hbond substituents is 1. The van der Waals surface area contributed by atoms with Crippen molar-refractivity contribution in [1.82, 2.24) is 10.3 Å². The maximum Gasteiger partial charge on any atom is 0.221 e. The van der Waals surface area contributed by atoms with Crippen LogP contribution in [0.5, 0.6) is 11.5 Å². The second kappa shape index (κ2) is 8.25. The number of phenols is 1. The van der Waals surface area contributed by atoms with Crippen LogP contribution in [0.25, 0.3) is 10.9 Å². The lowest BCUT2D eigenvalue weighted by molar-refractivity contribution is -0.122. The third-order valence-corrected chi connectivity index (χ3v) is 4.50. The highest BCUT2D eigenvalue weighted by molar-refractivity contribution is 5.86. The first-order valence-corrected chi connectivity index (χ1v) is 9.10. The van der Waals surface area contributed by atoms with Gasteiger partial charge in [0.2, 0.25) is 5.91 Å². The van der Waals surface area contributed by atoms with Crippen molar-refractivity contribution < 1.29 is 19.0 Å². The molecular weight excluding hydrogens is 359 g/mol. The maximum atomic E-state index is 14.3. The highest BCUT2D eigenvalue weighted by Crippen LogP contribution is 2.35. The van der Waals surface area contributed by atoms with E-state index in [2.05, 4.69) is 10.3 Å². The number of rotatable bonds is 6. The molecule has 0 aliphatic carbocycles. The molecule has 0 spiro atoms. The van der Waals surface area contributed by atoms with Gasteiger partial charge in [-0.2, -0.15) is 0 Å². The van der Waals surface area contributed by atoms with Crippen LogP contribution in [-0.4, -0.2) is 23.1 Å². The van der Waals surface area contributed by atoms with Crippen LogP contribution < -0.4 is 10.1 Å². The number of carbonyl (C=O) groups excluding carboxylic acids is 1. The number of pyridine rings is 1. The van der Waals surface area contributed by atoms with Gasteiger partial charge in [-0.3, -0.25) is 9.78 Å². The van der Waals surface area contributed by atoms with Gasteiger partial charge in [0.25, 0.3) is 0 Å². The first-order valence-electron chi connectivity index (χ1n) is 9.10. The third-order valence-electron chi connectivity index (χ3n) is 4.50. The van der Waals surface area contributed by atoms with E-state index >= 15 is 0 Å². The number of halogens is 1. The Balaban J connectivity index is 2.09. The molecule has 28 heavy (non-hydrogen) atoms. The lowest BCUT2D eigenvalue weighted by Gasteiger charge is -2.22. The Morgan fingerprint density at radius 3 is 2.71 bits per heavy atom. The van der Waals surface area contributed by atoms with E-state index in [0.717, 1.165) is 5.39 Å². The van der Waals surface area contributed by atoms with Gasteiger partial charge >= 0.3 is 0 Å². The van der Waals surface area contributed by atoms with E-state index in [1.807, 2.05) is 26.0 Å². The molecule has 3 rings (SSSR count). The summed E-state index contributed by atoms with van der Waals surface area (Å²) in [4.78, 5) is 16.7. The Labute approximate surface area is 163 Å². The van der Waals surface area contributed by atoms with Crippen molar-refractivity contribution in [2.24, 2.45) is 5.92 Å². The van der Waals surface area contributed by atoms with Gasteiger partial charge in [-0.25, -0.2) is 4.39 Å². The highest BCUT2D eigenvalue weighted by Gasteiger charge is 2.23. The SMILES string of the molecule is COc1ccc(C(NC(=O)CC(C)C)c2ccc3cccnc3c2O)cc1F. The molecule has 2 aromatic carbocycles. The summed E-state index contributed by atoms with van der Waals surface area (Å²) >= 11 is 0. The molecule has 0 aliphatic rings. The molecule has 0 radical (unpaired) electrons. The smallest absolute Gasteiger partial charge is 0.221 e. The van der Waals surface area contributed by atoms with Gasteiger partial charge in [0.1, 0.15) is 11.3 Å². The van der Waals surface area contributed by atoms with Crippen molar-refractivity contribution in [3.05, 3.63) is 65.6 Å². The molecule has 0 bridgehead atoms. The minimum absolute atomic E-state index is 0.0378. The number of nitrogens with one attached hydrogen (secondary N) is 1. The first-order chi connectivity index (χ1) is 13.4. The molecule has 1 unspecified atom stereocenters. The fourth-order valence-corrected chi connectivity index (χ4v) is 3.17. The van der Waals surface area contributed by atoms with Crippen LogP contribution >= 0.6 is 0 Å². The molecule has 1 amide bonds. The number of benzene rings is 2. The standard InChI is InChI=1S/C22H23FN2O3/c1-13(2)11-19(26)25-20(15-7-9-18(28-3)17(23)12-15)16-8-6-14-5-4-10-24-21(14)22(16)27/h4-10,12-13,20,27H,11H2,1-3H3,(H,25,26). The third kappa shape index (κ3) is 4.06. The molecule has 146 valence electrons. The lowest BCUT2D eigenvalue weighted by Crippen LogP contribution is -2.30. The van der Waals surface area contributed by atoms with Crippen molar-refractivity contribution in [2.45, 2.75) is 26.3 Å². The molecule has 1 heterocycles. The normalized spacial score (nSPS) is 12.2. The van der Waals surface area contributed by atoms with Crippen molar-refractivity contribution in [1.29, 1.82) is 0 Å². The van der Waals surface area contributed by atoms with Crippen LogP contribution in [0.2, 0.25) is 0 Å². The van der Waals surface area contributed by atoms with Crippen LogP contribution in [0.1, 0.15) is 37.4 Å². The predicted octanol–water partition coefficient (Wildman–Crippen LogP) is 4.34. The number of nitrogens with zero attached hydrogens (tertiary/aromatic N) is 1. The average Bonchev–Trinajstić information content (AvgIpc) is 2.66. The molecule has 0 aliphatic heterocycles. The van der Waals surface area contributed by atoms with E-state index in [1.54, 1.807) is 24.4 Å². The Kier molecular flexibility index (Phi) is 5.78. The Morgan fingerprint density at radius 1 is 1.25 bits per heavy atom. The predicted molar refractivity (Wildman–Crippen MR) is 106 cm³/mol. The van der Waals surface area contributed by atoms with Crippen LogP contribution in [0.15, 0.2) is 48.7 Å². The Morgan fingerprint density at radius 2 is 2.04 bits per heavy atom. The van der Waals surface area contributed by atoms with Gasteiger partial charge in [0.15, 0.2) is 11.6 Å². The number of methoxy groups -OCH3 is 1. The molecule has 6 heteroatoms. The van der Waals surface area contributed by atoms with Gasteiger partial charge in [-0.1, -0.05) is 38.1 Å². The van der Waals surface area contributed by atoms with E-state index in [-0.39, 0.29) is 23.3 Å². The summed E-state index contributed by atoms with van der Waals surface area (Å²) in [6.07, 6.45) is 1.91. The second-order valence-electron chi connectivity index (χ2n) is 7.07. The topological polar surface area (TPSA) is 71.5 Å². The summed E-state index contributed by atoms with van der Waals surface area (Å²) in [5.41, 5.74) is 1.38. The molecule has 1 atom stereocenters. The van der Waals surface area contributed by atoms with Crippen molar-refractivity contribution in [2.75, 3.05) is 7.11 Å². The molecule has 2 N–H and O–H groups in total. The number of ether oxygens (including phenoxy) is 1. The highest BCUT2D eigenvalue weighted by atomic mass is 19.1. The molecule has 0 saturated heterocycles. The summed E-state index contributed by atoms with van der Waals surface area (Å²) in [5, 5.41) is 14.5. The minimum Gasteiger partial charge on any atom is -0.505 e. The summed E-state index contributed by atoms with van der Waals surface area (Å²) in [5.74, 6) is -0.483. The zero-order chi connectivity index (χ0) is 20.3. The fourth-order valence-electron chi connectivity index (χ4n) is 3.17. The van der Waals surface area contributed by atoms with Gasteiger partial charge < -0.3 is 15.2 Å². The summed E-state index contributed by atoms with van der Waals surface area (Å²) in [6.45, 7) is 3.89. The number of aromatic nitrogens is 1. The van der Waals surface area contributed by atoms with E-state index in [9.17, 15) is 14.3 Å². The van der Waals surface area contributed by atoms with Crippen molar-refractivity contribution in [3.63, 3.8) is 0 Å². The number of amides is 1. The molecule has 1 aromatic heterocycles. The zero-order valence-corrected chi connectivity index (χ0v) is 16.1. The number of aromatic hydroxyl groups is 1. The second-order valence-corrected chi connectivity index (χ2v) is 7.07. The Hall–Kier alpha value is -3.15. The summed E-state index contributed by atoms with van der Waals surface area (Å²) < 4.78 is 19.3. The maximum absolute atomic E-state index is 14.3. The summed E-state index contributed by atoms with van der Waals surface area (Å²) in [6, 6.07) is 10.9. The number of carbonyl (C=O) groups is 1. The molecular formula is C22H23FN2O3. The van der Waals surface area contributed by atoms with E-state index < -0.39 is 11.9 Å². The van der Waals surface area contributed by atoms with Crippen molar-refractivity contribution in [3.8, 4) is 11.5 Å². The molecule has 5 nitrogen and oxygen atoms in total. The first kappa shape index (κ1) is 19.6. The number of hydrogen-bond donors (Lipinski definition) is 2. The van der Waals surface area contributed by atoms with E-state index in [4.69, 9.17) is 4.74 Å². The average molecular weight is 382 g/mol. The van der Waals surface area contributed by atoms with Gasteiger partial charge in [0, 0.05) is 23.6 Å². The minimum atomic E-state index is -0.724. The summed E-state index contributed by atoms with van der Waals surface area (Å²) in [7, 11) is 1.39. The largest absolute Gasteiger partial charge is 0.505 e. The van der Waals surface area contributed by atoms with Gasteiger partial charge in [0.05, 0.1) is 13.2 Å². The zero-order valence-electron chi connectivity index (χ0n) is 16.1. The van der Waals surface area contributed by atoms with Crippen LogP contribution in [-0.2, 0) is 4.79 Å². The van der Waals surface area contributed by atoms with Crippen molar-refractivity contribution >= 4 is 16.8 Å². The monoisotopic (exact) mass is 382 g/mol. The fraction of sp³-hybridized carbons (Fsp3) is 0.273. The van der Waals surface area contributed by atoms with E-state index in [1.165, 1.54) is 19.2 Å². The lowest BCUT2D eigenvalue weighted by atomic mass is 9.95. The quantitative estimate of drug-likeness (QED) is 0.665. The molecule has 0 saturated carbocycles. The Bertz CT molecular complexity index is 1000. The molecule has 0 fully saturated rings. The van der Waals surface area contributed by atoms with Gasteiger partial charge in [-0.05, 0) is 29.7 Å².